The Morgan fingerprint density at radius 1 is 1.32 bits per heavy atom. The number of anilines is 1. The molecule has 1 amide bonds. The summed E-state index contributed by atoms with van der Waals surface area (Å²) < 4.78 is 5.39. The van der Waals surface area contributed by atoms with Gasteiger partial charge in [0, 0.05) is 29.7 Å². The molecular formula is C18H20N4O2S. The Morgan fingerprint density at radius 2 is 2.16 bits per heavy atom. The van der Waals surface area contributed by atoms with Crippen LogP contribution in [0.3, 0.4) is 0 Å². The molecule has 0 aliphatic carbocycles. The Kier molecular flexibility index (Phi) is 5.25. The summed E-state index contributed by atoms with van der Waals surface area (Å²) in [6.45, 7) is 2.51. The van der Waals surface area contributed by atoms with Crippen LogP contribution in [0.25, 0.3) is 10.9 Å². The largest absolute Gasteiger partial charge is 0.494 e. The molecule has 0 fully saturated rings. The second-order valence-electron chi connectivity index (χ2n) is 5.74. The summed E-state index contributed by atoms with van der Waals surface area (Å²) in [4.78, 5) is 22.9. The van der Waals surface area contributed by atoms with Gasteiger partial charge in [-0.05, 0) is 31.7 Å². The first-order valence-corrected chi connectivity index (χ1v) is 8.79. The first-order chi connectivity index (χ1) is 12.1. The number of fused-ring (bicyclic) bond motifs is 1. The topological polar surface area (TPSA) is 67.3 Å². The van der Waals surface area contributed by atoms with Crippen LogP contribution in [0.5, 0.6) is 5.75 Å². The van der Waals surface area contributed by atoms with E-state index in [1.165, 1.54) is 11.3 Å². The third kappa shape index (κ3) is 3.78. The minimum absolute atomic E-state index is 0.0756. The van der Waals surface area contributed by atoms with Crippen molar-refractivity contribution in [2.24, 2.45) is 0 Å². The minimum Gasteiger partial charge on any atom is -0.494 e. The van der Waals surface area contributed by atoms with Crippen molar-refractivity contribution in [3.63, 3.8) is 0 Å². The monoisotopic (exact) mass is 356 g/mol. The normalized spacial score (nSPS) is 12.3. The number of hydrogen-bond acceptors (Lipinski definition) is 6. The smallest absolute Gasteiger partial charge is 0.243 e. The van der Waals surface area contributed by atoms with Crippen molar-refractivity contribution in [2.45, 2.75) is 19.5 Å². The number of thiazole rings is 1. The number of ether oxygens (including phenoxy) is 1. The molecular weight excluding hydrogens is 336 g/mol. The van der Waals surface area contributed by atoms with E-state index >= 15 is 0 Å². The van der Waals surface area contributed by atoms with E-state index in [2.05, 4.69) is 15.3 Å². The molecule has 3 rings (SSSR count). The zero-order valence-electron chi connectivity index (χ0n) is 14.4. The number of pyridine rings is 1. The molecule has 0 bridgehead atoms. The molecule has 0 saturated heterocycles. The van der Waals surface area contributed by atoms with Crippen molar-refractivity contribution in [2.75, 3.05) is 19.5 Å². The van der Waals surface area contributed by atoms with Gasteiger partial charge >= 0.3 is 0 Å². The summed E-state index contributed by atoms with van der Waals surface area (Å²) in [7, 11) is 3.57. The molecule has 0 saturated carbocycles. The van der Waals surface area contributed by atoms with Crippen LogP contribution in [0.2, 0.25) is 0 Å². The first-order valence-electron chi connectivity index (χ1n) is 7.91. The molecule has 7 heteroatoms. The molecule has 2 heterocycles. The highest BCUT2D eigenvalue weighted by molar-refractivity contribution is 7.13. The molecule has 0 unspecified atom stereocenters. The van der Waals surface area contributed by atoms with Crippen LogP contribution < -0.4 is 10.1 Å². The van der Waals surface area contributed by atoms with Crippen LogP contribution >= 0.6 is 11.3 Å². The number of nitrogens with zero attached hydrogens (tertiary/aromatic N) is 3. The fraction of sp³-hybridized carbons (Fsp3) is 0.278. The highest BCUT2D eigenvalue weighted by atomic mass is 32.1. The van der Waals surface area contributed by atoms with Gasteiger partial charge in [-0.25, -0.2) is 4.98 Å². The number of carbonyl (C=O) groups is 1. The molecule has 0 radical (unpaired) electrons. The second kappa shape index (κ2) is 7.58. The molecule has 0 aliphatic rings. The van der Waals surface area contributed by atoms with Crippen molar-refractivity contribution in [1.29, 1.82) is 0 Å². The lowest BCUT2D eigenvalue weighted by Crippen LogP contribution is -2.39. The van der Waals surface area contributed by atoms with Crippen LogP contribution in [-0.2, 0) is 11.3 Å². The highest BCUT2D eigenvalue weighted by Gasteiger charge is 2.20. The van der Waals surface area contributed by atoms with Gasteiger partial charge in [-0.15, -0.1) is 11.3 Å². The van der Waals surface area contributed by atoms with Crippen molar-refractivity contribution < 1.29 is 9.53 Å². The SMILES string of the molecule is COc1ccc(CN(C)[C@H](C)C(=O)Nc2nccs2)c2cccnc12. The summed E-state index contributed by atoms with van der Waals surface area (Å²) in [5.74, 6) is 0.671. The number of carbonyl (C=O) groups excluding carboxylic acids is 1. The number of methoxy groups -OCH3 is 1. The van der Waals surface area contributed by atoms with E-state index < -0.39 is 0 Å². The molecule has 6 nitrogen and oxygen atoms in total. The minimum atomic E-state index is -0.294. The van der Waals surface area contributed by atoms with Crippen LogP contribution in [0.4, 0.5) is 5.13 Å². The van der Waals surface area contributed by atoms with Crippen molar-refractivity contribution in [3.8, 4) is 5.75 Å². The maximum Gasteiger partial charge on any atom is 0.243 e. The lowest BCUT2D eigenvalue weighted by atomic mass is 10.1. The Bertz CT molecular complexity index is 867. The van der Waals surface area contributed by atoms with Crippen LogP contribution in [0.1, 0.15) is 12.5 Å². The standard InChI is InChI=1S/C18H20N4O2S/c1-12(17(23)21-18-20-9-10-25-18)22(2)11-13-6-7-15(24-3)16-14(13)5-4-8-19-16/h4-10,12H,11H2,1-3H3,(H,20,21,23)/t12-/m1/s1. The van der Waals surface area contributed by atoms with Gasteiger partial charge < -0.3 is 10.1 Å². The molecule has 2 aromatic heterocycles. The van der Waals surface area contributed by atoms with Gasteiger partial charge in [0.15, 0.2) is 5.13 Å². The van der Waals surface area contributed by atoms with E-state index in [0.717, 1.165) is 22.2 Å². The third-order valence-corrected chi connectivity index (χ3v) is 4.85. The fourth-order valence-electron chi connectivity index (χ4n) is 2.61. The average Bonchev–Trinajstić information content (AvgIpc) is 3.14. The van der Waals surface area contributed by atoms with E-state index in [1.54, 1.807) is 19.5 Å². The number of rotatable bonds is 6. The summed E-state index contributed by atoms with van der Waals surface area (Å²) in [6.07, 6.45) is 3.42. The zero-order valence-corrected chi connectivity index (χ0v) is 15.2. The number of benzene rings is 1. The molecule has 130 valence electrons. The number of hydrogen-bond donors (Lipinski definition) is 1. The summed E-state index contributed by atoms with van der Waals surface area (Å²) in [5.41, 5.74) is 1.93. The maximum atomic E-state index is 12.4. The Balaban J connectivity index is 1.77. The number of amides is 1. The molecule has 3 aromatic rings. The Hall–Kier alpha value is -2.51. The predicted molar refractivity (Wildman–Crippen MR) is 100.0 cm³/mol. The van der Waals surface area contributed by atoms with Gasteiger partial charge in [0.2, 0.25) is 5.91 Å². The number of likely N-dealkylation sites (N-methyl/N-ethyl adjacent to an activating group) is 1. The lowest BCUT2D eigenvalue weighted by Gasteiger charge is -2.24. The van der Waals surface area contributed by atoms with Crippen LogP contribution in [0, 0.1) is 0 Å². The molecule has 1 atom stereocenters. The maximum absolute atomic E-state index is 12.4. The molecule has 0 spiro atoms. The predicted octanol–water partition coefficient (Wildman–Crippen LogP) is 3.16. The third-order valence-electron chi connectivity index (χ3n) is 4.17. The summed E-state index contributed by atoms with van der Waals surface area (Å²) in [5, 5.41) is 6.32. The second-order valence-corrected chi connectivity index (χ2v) is 6.64. The summed E-state index contributed by atoms with van der Waals surface area (Å²) in [6, 6.07) is 7.57. The van der Waals surface area contributed by atoms with Crippen LogP contribution in [0.15, 0.2) is 42.0 Å². The van der Waals surface area contributed by atoms with Gasteiger partial charge in [0.1, 0.15) is 11.3 Å². The van der Waals surface area contributed by atoms with Gasteiger partial charge in [0.25, 0.3) is 0 Å². The van der Waals surface area contributed by atoms with Gasteiger partial charge in [-0.3, -0.25) is 14.7 Å². The molecule has 0 aliphatic heterocycles. The van der Waals surface area contributed by atoms with Crippen LogP contribution in [-0.4, -0.2) is 41.0 Å². The highest BCUT2D eigenvalue weighted by Crippen LogP contribution is 2.27. The fourth-order valence-corrected chi connectivity index (χ4v) is 3.14. The molecule has 25 heavy (non-hydrogen) atoms. The quantitative estimate of drug-likeness (QED) is 0.735. The molecule has 1 aromatic carbocycles. The van der Waals surface area contributed by atoms with E-state index in [-0.39, 0.29) is 11.9 Å². The lowest BCUT2D eigenvalue weighted by molar-refractivity contribution is -0.120. The van der Waals surface area contributed by atoms with E-state index in [0.29, 0.717) is 11.7 Å². The van der Waals surface area contributed by atoms with Gasteiger partial charge in [0.05, 0.1) is 13.2 Å². The van der Waals surface area contributed by atoms with Crippen molar-refractivity contribution in [1.82, 2.24) is 14.9 Å². The van der Waals surface area contributed by atoms with E-state index in [4.69, 9.17) is 4.74 Å². The number of aromatic nitrogens is 2. The molecule has 1 N–H and O–H groups in total. The van der Waals surface area contributed by atoms with Crippen molar-refractivity contribution in [3.05, 3.63) is 47.6 Å². The van der Waals surface area contributed by atoms with E-state index in [9.17, 15) is 4.79 Å². The summed E-state index contributed by atoms with van der Waals surface area (Å²) >= 11 is 1.41. The number of nitrogens with one attached hydrogen (secondary N) is 1. The zero-order chi connectivity index (χ0) is 17.8. The average molecular weight is 356 g/mol. The first kappa shape index (κ1) is 17.3. The Morgan fingerprint density at radius 3 is 2.88 bits per heavy atom. The Labute approximate surface area is 150 Å². The van der Waals surface area contributed by atoms with Crippen molar-refractivity contribution >= 4 is 33.3 Å². The van der Waals surface area contributed by atoms with Gasteiger partial charge in [-0.1, -0.05) is 12.1 Å². The van der Waals surface area contributed by atoms with Gasteiger partial charge in [-0.2, -0.15) is 0 Å². The van der Waals surface area contributed by atoms with E-state index in [1.807, 2.05) is 48.5 Å².